The van der Waals surface area contributed by atoms with Crippen LogP contribution in [0.1, 0.15) is 61.8 Å². The number of unbranched alkanes of at least 4 members (excludes halogenated alkanes) is 2. The van der Waals surface area contributed by atoms with Gasteiger partial charge < -0.3 is 0 Å². The van der Waals surface area contributed by atoms with Gasteiger partial charge in [0.05, 0.1) is 11.3 Å². The van der Waals surface area contributed by atoms with Gasteiger partial charge in [-0.1, -0.05) is 33.6 Å². The topological polar surface area (TPSA) is 34.9 Å². The molecule has 3 nitrogen and oxygen atoms in total. The first-order valence-electron chi connectivity index (χ1n) is 7.06. The van der Waals surface area contributed by atoms with Crippen LogP contribution in [0.3, 0.4) is 0 Å². The molecule has 0 spiro atoms. The molecule has 0 radical (unpaired) electrons. The molecule has 0 atom stereocenters. The third-order valence-electron chi connectivity index (χ3n) is 3.26. The number of hydrogen-bond donors (Lipinski definition) is 0. The van der Waals surface area contributed by atoms with E-state index >= 15 is 0 Å². The Bertz CT molecular complexity index is 464. The maximum atomic E-state index is 12.7. The van der Waals surface area contributed by atoms with Gasteiger partial charge in [0.2, 0.25) is 0 Å². The number of halogens is 3. The van der Waals surface area contributed by atoms with Crippen LogP contribution in [-0.4, -0.2) is 21.7 Å². The first-order chi connectivity index (χ1) is 9.36. The summed E-state index contributed by atoms with van der Waals surface area (Å²) in [6, 6.07) is 0. The van der Waals surface area contributed by atoms with Crippen molar-refractivity contribution in [3.8, 4) is 0 Å². The van der Waals surface area contributed by atoms with E-state index in [1.54, 1.807) is 18.5 Å². The monoisotopic (exact) mass is 290 g/mol. The van der Waals surface area contributed by atoms with Crippen LogP contribution in [0.15, 0.2) is 0 Å². The van der Waals surface area contributed by atoms with Crippen molar-refractivity contribution in [2.45, 2.75) is 65.6 Å². The first-order valence-corrected chi connectivity index (χ1v) is 7.06. The standard InChI is InChI=1S/C14H21F3N2O/c1-4-7-8-9-19-11(6-3)12(10(5-2)18-19)13(20)14(15,16)17/h4-9H2,1-3H3. The van der Waals surface area contributed by atoms with Crippen LogP contribution < -0.4 is 0 Å². The average Bonchev–Trinajstić information content (AvgIpc) is 2.74. The summed E-state index contributed by atoms with van der Waals surface area (Å²) < 4.78 is 39.7. The number of hydrogen-bond acceptors (Lipinski definition) is 2. The minimum Gasteiger partial charge on any atom is -0.284 e. The highest BCUT2D eigenvalue weighted by Gasteiger charge is 2.42. The summed E-state index contributed by atoms with van der Waals surface area (Å²) in [5.74, 6) is -1.77. The van der Waals surface area contributed by atoms with Crippen molar-refractivity contribution in [3.63, 3.8) is 0 Å². The molecule has 0 N–H and O–H groups in total. The van der Waals surface area contributed by atoms with Crippen molar-refractivity contribution in [1.82, 2.24) is 9.78 Å². The van der Waals surface area contributed by atoms with Gasteiger partial charge in [-0.25, -0.2) is 0 Å². The predicted molar refractivity (Wildman–Crippen MR) is 70.9 cm³/mol. The molecule has 1 rings (SSSR count). The van der Waals surface area contributed by atoms with Crippen LogP contribution in [0.2, 0.25) is 0 Å². The SMILES string of the molecule is CCCCCn1nc(CC)c(C(=O)C(F)(F)F)c1CC. The molecule has 0 unspecified atom stereocenters. The molecule has 0 bridgehead atoms. The van der Waals surface area contributed by atoms with Gasteiger partial charge >= 0.3 is 6.18 Å². The van der Waals surface area contributed by atoms with Gasteiger partial charge in [0.1, 0.15) is 0 Å². The fourth-order valence-electron chi connectivity index (χ4n) is 2.26. The van der Waals surface area contributed by atoms with Crippen LogP contribution in [0.4, 0.5) is 13.2 Å². The Morgan fingerprint density at radius 2 is 1.80 bits per heavy atom. The number of alkyl halides is 3. The van der Waals surface area contributed by atoms with Crippen LogP contribution in [0.5, 0.6) is 0 Å². The van der Waals surface area contributed by atoms with Crippen molar-refractivity contribution >= 4 is 5.78 Å². The number of ketones is 1. The quantitative estimate of drug-likeness (QED) is 0.563. The minimum atomic E-state index is -4.84. The Labute approximate surface area is 117 Å². The van der Waals surface area contributed by atoms with Gasteiger partial charge in [-0.2, -0.15) is 18.3 Å². The molecule has 0 saturated heterocycles. The van der Waals surface area contributed by atoms with Crippen LogP contribution >= 0.6 is 0 Å². The lowest BCUT2D eigenvalue weighted by atomic mass is 10.0. The van der Waals surface area contributed by atoms with Gasteiger partial charge in [0.15, 0.2) is 0 Å². The summed E-state index contributed by atoms with van der Waals surface area (Å²) >= 11 is 0. The molecular weight excluding hydrogens is 269 g/mol. The van der Waals surface area contributed by atoms with E-state index in [-0.39, 0.29) is 11.3 Å². The molecule has 1 aromatic rings. The average molecular weight is 290 g/mol. The highest BCUT2D eigenvalue weighted by Crippen LogP contribution is 2.27. The van der Waals surface area contributed by atoms with E-state index < -0.39 is 12.0 Å². The largest absolute Gasteiger partial charge is 0.455 e. The second kappa shape index (κ2) is 6.90. The lowest BCUT2D eigenvalue weighted by Gasteiger charge is -2.09. The third kappa shape index (κ3) is 3.61. The Morgan fingerprint density at radius 1 is 1.15 bits per heavy atom. The molecule has 0 fully saturated rings. The fraction of sp³-hybridized carbons (Fsp3) is 0.714. The maximum Gasteiger partial charge on any atom is 0.455 e. The zero-order valence-electron chi connectivity index (χ0n) is 12.2. The summed E-state index contributed by atoms with van der Waals surface area (Å²) in [4.78, 5) is 11.6. The number of aryl methyl sites for hydroxylation is 2. The van der Waals surface area contributed by atoms with Crippen molar-refractivity contribution < 1.29 is 18.0 Å². The number of Topliss-reactive ketones (excluding diaryl/α,β-unsaturated/α-hetero) is 1. The van der Waals surface area contributed by atoms with Gasteiger partial charge in [-0.05, 0) is 19.3 Å². The number of rotatable bonds is 7. The molecule has 0 aromatic carbocycles. The summed E-state index contributed by atoms with van der Waals surface area (Å²) in [6.07, 6.45) is -1.27. The van der Waals surface area contributed by atoms with E-state index in [0.717, 1.165) is 19.3 Å². The number of carbonyl (C=O) groups is 1. The highest BCUT2D eigenvalue weighted by atomic mass is 19.4. The third-order valence-corrected chi connectivity index (χ3v) is 3.26. The molecule has 1 aromatic heterocycles. The van der Waals surface area contributed by atoms with E-state index in [1.165, 1.54) is 0 Å². The Kier molecular flexibility index (Phi) is 5.77. The van der Waals surface area contributed by atoms with E-state index in [0.29, 0.717) is 25.1 Å². The van der Waals surface area contributed by atoms with Crippen molar-refractivity contribution in [3.05, 3.63) is 17.0 Å². The molecule has 0 aliphatic carbocycles. The molecule has 1 heterocycles. The van der Waals surface area contributed by atoms with Crippen molar-refractivity contribution in [2.75, 3.05) is 0 Å². The smallest absolute Gasteiger partial charge is 0.284 e. The fourth-order valence-corrected chi connectivity index (χ4v) is 2.26. The van der Waals surface area contributed by atoms with Gasteiger partial charge in [-0.3, -0.25) is 9.48 Å². The number of carbonyl (C=O) groups excluding carboxylic acids is 1. The number of aromatic nitrogens is 2. The lowest BCUT2D eigenvalue weighted by Crippen LogP contribution is -2.24. The van der Waals surface area contributed by atoms with Crippen molar-refractivity contribution in [2.24, 2.45) is 0 Å². The molecule has 114 valence electrons. The zero-order valence-corrected chi connectivity index (χ0v) is 12.2. The molecule has 6 heteroatoms. The Morgan fingerprint density at radius 3 is 2.25 bits per heavy atom. The predicted octanol–water partition coefficient (Wildman–Crippen LogP) is 3.94. The second-order valence-corrected chi connectivity index (χ2v) is 4.73. The molecule has 0 saturated carbocycles. The van der Waals surface area contributed by atoms with Gasteiger partial charge in [0, 0.05) is 12.2 Å². The van der Waals surface area contributed by atoms with Gasteiger partial charge in [0.25, 0.3) is 5.78 Å². The lowest BCUT2D eigenvalue weighted by molar-refractivity contribution is -0.0886. The first kappa shape index (κ1) is 16.7. The Hall–Kier alpha value is -1.33. The van der Waals surface area contributed by atoms with Crippen LogP contribution in [0.25, 0.3) is 0 Å². The Balaban J connectivity index is 3.18. The molecule has 0 amide bonds. The van der Waals surface area contributed by atoms with E-state index in [1.807, 2.05) is 0 Å². The van der Waals surface area contributed by atoms with E-state index in [9.17, 15) is 18.0 Å². The minimum absolute atomic E-state index is 0.237. The van der Waals surface area contributed by atoms with E-state index in [4.69, 9.17) is 0 Å². The summed E-state index contributed by atoms with van der Waals surface area (Å²) in [5, 5.41) is 4.20. The van der Waals surface area contributed by atoms with Gasteiger partial charge in [-0.15, -0.1) is 0 Å². The molecule has 0 aliphatic heterocycles. The molecule has 20 heavy (non-hydrogen) atoms. The highest BCUT2D eigenvalue weighted by molar-refractivity contribution is 6.02. The normalized spacial score (nSPS) is 11.9. The van der Waals surface area contributed by atoms with E-state index in [2.05, 4.69) is 12.0 Å². The van der Waals surface area contributed by atoms with Crippen LogP contribution in [-0.2, 0) is 19.4 Å². The number of nitrogens with zero attached hydrogens (tertiary/aromatic N) is 2. The maximum absolute atomic E-state index is 12.7. The molecular formula is C14H21F3N2O. The summed E-state index contributed by atoms with van der Waals surface area (Å²) in [7, 11) is 0. The summed E-state index contributed by atoms with van der Waals surface area (Å²) in [6.45, 7) is 6.08. The van der Waals surface area contributed by atoms with Crippen LogP contribution in [0, 0.1) is 0 Å². The van der Waals surface area contributed by atoms with Crippen molar-refractivity contribution in [1.29, 1.82) is 0 Å². The second-order valence-electron chi connectivity index (χ2n) is 4.73. The molecule has 0 aliphatic rings. The zero-order chi connectivity index (χ0) is 15.3. The summed E-state index contributed by atoms with van der Waals surface area (Å²) in [5.41, 5.74) is 0.417.